The van der Waals surface area contributed by atoms with Gasteiger partial charge in [-0.3, -0.25) is 4.79 Å². The minimum absolute atomic E-state index is 0.182. The van der Waals surface area contributed by atoms with Crippen LogP contribution in [0.2, 0.25) is 5.02 Å². The molecule has 0 fully saturated rings. The van der Waals surface area contributed by atoms with Crippen LogP contribution >= 0.6 is 11.6 Å². The van der Waals surface area contributed by atoms with Gasteiger partial charge in [0.05, 0.1) is 19.2 Å². The highest BCUT2D eigenvalue weighted by atomic mass is 35.5. The van der Waals surface area contributed by atoms with Gasteiger partial charge in [-0.1, -0.05) is 11.6 Å². The van der Waals surface area contributed by atoms with Crippen molar-refractivity contribution in [1.29, 1.82) is 0 Å². The van der Waals surface area contributed by atoms with Gasteiger partial charge in [-0.2, -0.15) is 0 Å². The lowest BCUT2D eigenvalue weighted by Crippen LogP contribution is -2.06. The summed E-state index contributed by atoms with van der Waals surface area (Å²) in [6, 6.07) is 8.25. The first kappa shape index (κ1) is 15.2. The Bertz CT molecular complexity index is 698. The number of nitrogen functional groups attached to an aromatic ring is 1. The van der Waals surface area contributed by atoms with Crippen LogP contribution in [0, 0.1) is 6.92 Å². The van der Waals surface area contributed by atoms with Crippen molar-refractivity contribution >= 4 is 23.1 Å². The van der Waals surface area contributed by atoms with E-state index in [9.17, 15) is 4.79 Å². The van der Waals surface area contributed by atoms with Gasteiger partial charge in [0.2, 0.25) is 0 Å². The van der Waals surface area contributed by atoms with Gasteiger partial charge >= 0.3 is 0 Å². The normalized spacial score (nSPS) is 10.3. The highest BCUT2D eigenvalue weighted by Crippen LogP contribution is 2.32. The predicted molar refractivity (Wildman–Crippen MR) is 83.6 cm³/mol. The molecular weight excluding hydrogens is 290 g/mol. The van der Waals surface area contributed by atoms with E-state index in [4.69, 9.17) is 26.8 Å². The molecule has 0 aliphatic carbocycles. The highest BCUT2D eigenvalue weighted by molar-refractivity contribution is 6.35. The molecule has 0 spiro atoms. The number of carbonyl (C=O) groups excluding carboxylic acids is 1. The number of ketones is 1. The number of halogens is 1. The third-order valence-electron chi connectivity index (χ3n) is 3.21. The highest BCUT2D eigenvalue weighted by Gasteiger charge is 2.18. The van der Waals surface area contributed by atoms with E-state index in [0.717, 1.165) is 5.56 Å². The lowest BCUT2D eigenvalue weighted by molar-refractivity contribution is 0.103. The van der Waals surface area contributed by atoms with E-state index in [2.05, 4.69) is 0 Å². The molecule has 0 unspecified atom stereocenters. The summed E-state index contributed by atoms with van der Waals surface area (Å²) in [6.45, 7) is 1.83. The summed E-state index contributed by atoms with van der Waals surface area (Å²) in [5, 5.41) is 0.328. The second kappa shape index (κ2) is 6.06. The molecule has 0 amide bonds. The number of nitrogens with two attached hydrogens (primary N) is 1. The maximum atomic E-state index is 12.6. The van der Waals surface area contributed by atoms with Crippen molar-refractivity contribution in [2.75, 3.05) is 20.0 Å². The first-order valence-corrected chi connectivity index (χ1v) is 6.68. The molecular formula is C16H16ClNO3. The van der Waals surface area contributed by atoms with Crippen LogP contribution in [0.4, 0.5) is 5.69 Å². The molecule has 2 aromatic carbocycles. The van der Waals surface area contributed by atoms with E-state index in [0.29, 0.717) is 33.3 Å². The van der Waals surface area contributed by atoms with Crippen molar-refractivity contribution in [3.05, 3.63) is 52.0 Å². The molecule has 2 N–H and O–H groups in total. The molecule has 2 aromatic rings. The Balaban J connectivity index is 2.53. The number of benzene rings is 2. The first-order chi connectivity index (χ1) is 9.97. The van der Waals surface area contributed by atoms with Crippen molar-refractivity contribution in [1.82, 2.24) is 0 Å². The molecule has 0 aliphatic rings. The van der Waals surface area contributed by atoms with Gasteiger partial charge in [-0.15, -0.1) is 0 Å². The van der Waals surface area contributed by atoms with E-state index in [1.54, 1.807) is 37.4 Å². The molecule has 0 atom stereocenters. The molecule has 0 aliphatic heterocycles. The Hall–Kier alpha value is -2.20. The Labute approximate surface area is 128 Å². The van der Waals surface area contributed by atoms with Crippen molar-refractivity contribution in [2.45, 2.75) is 6.92 Å². The standard InChI is InChI=1S/C16H16ClNO3/c1-9-6-14(20-2)15(21-3)8-12(9)16(19)11-5-4-10(18)7-13(11)17/h4-8H,18H2,1-3H3. The van der Waals surface area contributed by atoms with Crippen LogP contribution in [0.1, 0.15) is 21.5 Å². The zero-order valence-electron chi connectivity index (χ0n) is 12.1. The molecule has 21 heavy (non-hydrogen) atoms. The van der Waals surface area contributed by atoms with Crippen molar-refractivity contribution in [3.8, 4) is 11.5 Å². The fourth-order valence-corrected chi connectivity index (χ4v) is 2.36. The van der Waals surface area contributed by atoms with Crippen LogP contribution in [0.5, 0.6) is 11.5 Å². The number of methoxy groups -OCH3 is 2. The molecule has 0 saturated carbocycles. The Morgan fingerprint density at radius 3 is 2.24 bits per heavy atom. The third-order valence-corrected chi connectivity index (χ3v) is 3.53. The van der Waals surface area contributed by atoms with Crippen LogP contribution in [-0.4, -0.2) is 20.0 Å². The van der Waals surface area contributed by atoms with E-state index < -0.39 is 0 Å². The average Bonchev–Trinajstić information content (AvgIpc) is 2.46. The topological polar surface area (TPSA) is 61.5 Å². The van der Waals surface area contributed by atoms with Crippen LogP contribution in [0.25, 0.3) is 0 Å². The summed E-state index contributed by atoms with van der Waals surface area (Å²) in [7, 11) is 3.08. The molecule has 110 valence electrons. The predicted octanol–water partition coefficient (Wildman–Crippen LogP) is 3.48. The maximum Gasteiger partial charge on any atom is 0.194 e. The number of carbonyl (C=O) groups is 1. The number of hydrogen-bond donors (Lipinski definition) is 1. The average molecular weight is 306 g/mol. The smallest absolute Gasteiger partial charge is 0.194 e. The molecule has 4 nitrogen and oxygen atoms in total. The molecule has 5 heteroatoms. The Morgan fingerprint density at radius 1 is 1.05 bits per heavy atom. The second-order valence-electron chi connectivity index (χ2n) is 4.59. The van der Waals surface area contributed by atoms with Gasteiger partial charge in [0.25, 0.3) is 0 Å². The maximum absolute atomic E-state index is 12.6. The second-order valence-corrected chi connectivity index (χ2v) is 5.00. The first-order valence-electron chi connectivity index (χ1n) is 6.30. The molecule has 0 saturated heterocycles. The number of hydrogen-bond acceptors (Lipinski definition) is 4. The summed E-state index contributed by atoms with van der Waals surface area (Å²) in [6.07, 6.45) is 0. The molecule has 0 aromatic heterocycles. The van der Waals surface area contributed by atoms with Crippen LogP contribution in [0.3, 0.4) is 0 Å². The minimum atomic E-state index is -0.182. The number of rotatable bonds is 4. The van der Waals surface area contributed by atoms with E-state index in [1.165, 1.54) is 7.11 Å². The third kappa shape index (κ3) is 2.95. The van der Waals surface area contributed by atoms with Gasteiger partial charge in [-0.25, -0.2) is 0 Å². The minimum Gasteiger partial charge on any atom is -0.493 e. The van der Waals surface area contributed by atoms with Crippen molar-refractivity contribution in [3.63, 3.8) is 0 Å². The molecule has 0 heterocycles. The molecule has 2 rings (SSSR count). The molecule has 0 bridgehead atoms. The zero-order valence-corrected chi connectivity index (χ0v) is 12.8. The SMILES string of the molecule is COc1cc(C)c(C(=O)c2ccc(N)cc2Cl)cc1OC. The Kier molecular flexibility index (Phi) is 4.38. The van der Waals surface area contributed by atoms with E-state index >= 15 is 0 Å². The van der Waals surface area contributed by atoms with Gasteiger partial charge in [0.15, 0.2) is 17.3 Å². The lowest BCUT2D eigenvalue weighted by Gasteiger charge is -2.13. The quantitative estimate of drug-likeness (QED) is 0.694. The van der Waals surface area contributed by atoms with Gasteiger partial charge in [0.1, 0.15) is 0 Å². The summed E-state index contributed by atoms with van der Waals surface area (Å²) in [5.74, 6) is 0.895. The summed E-state index contributed by atoms with van der Waals surface area (Å²) in [5.41, 5.74) is 7.86. The number of ether oxygens (including phenoxy) is 2. The largest absolute Gasteiger partial charge is 0.493 e. The molecule has 0 radical (unpaired) electrons. The monoisotopic (exact) mass is 305 g/mol. The Morgan fingerprint density at radius 2 is 1.67 bits per heavy atom. The fraction of sp³-hybridized carbons (Fsp3) is 0.188. The van der Waals surface area contributed by atoms with Crippen LogP contribution in [0.15, 0.2) is 30.3 Å². The van der Waals surface area contributed by atoms with Crippen molar-refractivity contribution in [2.24, 2.45) is 0 Å². The summed E-state index contributed by atoms with van der Waals surface area (Å²) >= 11 is 6.10. The van der Waals surface area contributed by atoms with Crippen molar-refractivity contribution < 1.29 is 14.3 Å². The van der Waals surface area contributed by atoms with E-state index in [-0.39, 0.29) is 5.78 Å². The number of aryl methyl sites for hydroxylation is 1. The van der Waals surface area contributed by atoms with Crippen LogP contribution in [-0.2, 0) is 0 Å². The van der Waals surface area contributed by atoms with Gasteiger partial charge < -0.3 is 15.2 Å². The van der Waals surface area contributed by atoms with Gasteiger partial charge in [-0.05, 0) is 42.8 Å². The van der Waals surface area contributed by atoms with Crippen LogP contribution < -0.4 is 15.2 Å². The van der Waals surface area contributed by atoms with Gasteiger partial charge in [0, 0.05) is 16.8 Å². The van der Waals surface area contributed by atoms with E-state index in [1.807, 2.05) is 6.92 Å². The zero-order chi connectivity index (χ0) is 15.6. The summed E-state index contributed by atoms with van der Waals surface area (Å²) in [4.78, 5) is 12.6. The lowest BCUT2D eigenvalue weighted by atomic mass is 9.98. The summed E-state index contributed by atoms with van der Waals surface area (Å²) < 4.78 is 10.5. The fourth-order valence-electron chi connectivity index (χ4n) is 2.09. The number of anilines is 1.